The van der Waals surface area contributed by atoms with Crippen LogP contribution in [-0.2, 0) is 4.57 Å². The van der Waals surface area contributed by atoms with E-state index in [-0.39, 0.29) is 11.5 Å². The number of benzene rings is 2. The van der Waals surface area contributed by atoms with Crippen LogP contribution in [0.2, 0.25) is 0 Å². The number of rotatable bonds is 10. The first-order valence-corrected chi connectivity index (χ1v) is 9.69. The highest BCUT2D eigenvalue weighted by molar-refractivity contribution is 7.48. The van der Waals surface area contributed by atoms with Crippen LogP contribution in [0, 0.1) is 0 Å². The zero-order chi connectivity index (χ0) is 18.1. The lowest BCUT2D eigenvalue weighted by Crippen LogP contribution is -2.00. The lowest BCUT2D eigenvalue weighted by atomic mass is 10.3. The zero-order valence-electron chi connectivity index (χ0n) is 14.4. The predicted molar refractivity (Wildman–Crippen MR) is 95.5 cm³/mol. The second kappa shape index (κ2) is 9.35. The molecule has 0 atom stereocenters. The van der Waals surface area contributed by atoms with Crippen LogP contribution in [0.4, 0.5) is 0 Å². The molecule has 0 aliphatic rings. The fourth-order valence-electron chi connectivity index (χ4n) is 1.92. The highest BCUT2D eigenvalue weighted by atomic mass is 31.2. The van der Waals surface area contributed by atoms with E-state index >= 15 is 0 Å². The average Bonchev–Trinajstić information content (AvgIpc) is 2.60. The highest BCUT2D eigenvalue weighted by Gasteiger charge is 2.25. The van der Waals surface area contributed by atoms with Gasteiger partial charge in [0.1, 0.15) is 23.0 Å². The standard InChI is InChI=1S/C18H23O6P/c1-3-13-21-15-5-9-17(10-6-15)23-25(19,20)24-18-11-7-16(8-12-18)22-14-4-2/h5-12H,3-4,13-14H2,1-2H3,(H,19,20). The van der Waals surface area contributed by atoms with E-state index in [1.54, 1.807) is 48.5 Å². The van der Waals surface area contributed by atoms with Gasteiger partial charge in [0.25, 0.3) is 0 Å². The maximum Gasteiger partial charge on any atom is 0.584 e. The Labute approximate surface area is 147 Å². The van der Waals surface area contributed by atoms with Gasteiger partial charge in [0.2, 0.25) is 0 Å². The van der Waals surface area contributed by atoms with E-state index in [9.17, 15) is 9.46 Å². The second-order valence-electron chi connectivity index (χ2n) is 5.29. The molecule has 2 aromatic carbocycles. The maximum atomic E-state index is 12.1. The molecule has 0 fully saturated rings. The minimum Gasteiger partial charge on any atom is -0.494 e. The van der Waals surface area contributed by atoms with Crippen molar-refractivity contribution in [2.75, 3.05) is 13.2 Å². The van der Waals surface area contributed by atoms with Crippen LogP contribution in [0.3, 0.4) is 0 Å². The minimum atomic E-state index is -4.29. The molecule has 1 N–H and O–H groups in total. The summed E-state index contributed by atoms with van der Waals surface area (Å²) in [5.41, 5.74) is 0. The number of hydrogen-bond acceptors (Lipinski definition) is 5. The van der Waals surface area contributed by atoms with Gasteiger partial charge in [-0.15, -0.1) is 0 Å². The van der Waals surface area contributed by atoms with Crippen molar-refractivity contribution in [2.45, 2.75) is 26.7 Å². The molecule has 136 valence electrons. The molecule has 0 aliphatic carbocycles. The van der Waals surface area contributed by atoms with Gasteiger partial charge >= 0.3 is 7.82 Å². The Hall–Kier alpha value is -2.17. The number of phosphoric ester groups is 1. The molecule has 2 aromatic rings. The molecular weight excluding hydrogens is 343 g/mol. The quantitative estimate of drug-likeness (QED) is 0.608. The topological polar surface area (TPSA) is 74.2 Å². The van der Waals surface area contributed by atoms with E-state index in [4.69, 9.17) is 18.5 Å². The monoisotopic (exact) mass is 366 g/mol. The van der Waals surface area contributed by atoms with E-state index in [2.05, 4.69) is 0 Å². The summed E-state index contributed by atoms with van der Waals surface area (Å²) in [6.07, 6.45) is 1.81. The summed E-state index contributed by atoms with van der Waals surface area (Å²) < 4.78 is 33.1. The van der Waals surface area contributed by atoms with Crippen molar-refractivity contribution in [3.05, 3.63) is 48.5 Å². The molecule has 0 heterocycles. The summed E-state index contributed by atoms with van der Waals surface area (Å²) in [5.74, 6) is 1.78. The van der Waals surface area contributed by atoms with Crippen LogP contribution in [0.15, 0.2) is 48.5 Å². The fourth-order valence-corrected chi connectivity index (χ4v) is 2.73. The lowest BCUT2D eigenvalue weighted by Gasteiger charge is -2.14. The fraction of sp³-hybridized carbons (Fsp3) is 0.333. The van der Waals surface area contributed by atoms with Crippen LogP contribution in [0.1, 0.15) is 26.7 Å². The second-order valence-corrected chi connectivity index (χ2v) is 6.59. The molecule has 0 unspecified atom stereocenters. The molecule has 0 saturated carbocycles. The summed E-state index contributed by atoms with van der Waals surface area (Å²) in [6, 6.07) is 12.9. The zero-order valence-corrected chi connectivity index (χ0v) is 15.3. The van der Waals surface area contributed by atoms with E-state index in [0.717, 1.165) is 12.8 Å². The summed E-state index contributed by atoms with van der Waals surface area (Å²) in [6.45, 7) is 5.25. The first kappa shape index (κ1) is 19.2. The maximum absolute atomic E-state index is 12.1. The lowest BCUT2D eigenvalue weighted by molar-refractivity contribution is 0.289. The van der Waals surface area contributed by atoms with Gasteiger partial charge in [0.05, 0.1) is 13.2 Å². The van der Waals surface area contributed by atoms with Gasteiger partial charge in [-0.2, -0.15) is 0 Å². The number of ether oxygens (including phenoxy) is 2. The molecule has 25 heavy (non-hydrogen) atoms. The highest BCUT2D eigenvalue weighted by Crippen LogP contribution is 2.44. The van der Waals surface area contributed by atoms with Gasteiger partial charge in [-0.3, -0.25) is 4.89 Å². The molecule has 0 saturated heterocycles. The van der Waals surface area contributed by atoms with Crippen LogP contribution in [-0.4, -0.2) is 18.1 Å². The van der Waals surface area contributed by atoms with Crippen LogP contribution in [0.5, 0.6) is 23.0 Å². The Balaban J connectivity index is 1.93. The molecule has 7 heteroatoms. The van der Waals surface area contributed by atoms with Crippen molar-refractivity contribution in [3.8, 4) is 23.0 Å². The van der Waals surface area contributed by atoms with Gasteiger partial charge in [-0.1, -0.05) is 13.8 Å². The summed E-state index contributed by atoms with van der Waals surface area (Å²) in [7, 11) is -4.29. The van der Waals surface area contributed by atoms with Gasteiger partial charge in [0.15, 0.2) is 0 Å². The Kier molecular flexibility index (Phi) is 7.16. The van der Waals surface area contributed by atoms with Gasteiger partial charge in [0, 0.05) is 0 Å². The third kappa shape index (κ3) is 6.69. The Morgan fingerprint density at radius 3 is 1.36 bits per heavy atom. The molecule has 0 aliphatic heterocycles. The van der Waals surface area contributed by atoms with E-state index in [1.165, 1.54) is 0 Å². The molecule has 0 bridgehead atoms. The van der Waals surface area contributed by atoms with Crippen LogP contribution < -0.4 is 18.5 Å². The average molecular weight is 366 g/mol. The molecular formula is C18H23O6P. The molecule has 6 nitrogen and oxygen atoms in total. The smallest absolute Gasteiger partial charge is 0.494 e. The van der Waals surface area contributed by atoms with Crippen molar-refractivity contribution in [1.29, 1.82) is 0 Å². The normalized spacial score (nSPS) is 11.0. The van der Waals surface area contributed by atoms with Crippen molar-refractivity contribution in [3.63, 3.8) is 0 Å². The molecule has 0 aromatic heterocycles. The van der Waals surface area contributed by atoms with E-state index in [0.29, 0.717) is 24.7 Å². The third-order valence-corrected chi connectivity index (χ3v) is 3.92. The van der Waals surface area contributed by atoms with Crippen molar-refractivity contribution in [1.82, 2.24) is 0 Å². The third-order valence-electron chi connectivity index (χ3n) is 3.03. The molecule has 0 amide bonds. The van der Waals surface area contributed by atoms with E-state index < -0.39 is 7.82 Å². The SMILES string of the molecule is CCCOc1ccc(OP(=O)(O)Oc2ccc(OCCC)cc2)cc1. The largest absolute Gasteiger partial charge is 0.584 e. The van der Waals surface area contributed by atoms with E-state index in [1.807, 2.05) is 13.8 Å². The van der Waals surface area contributed by atoms with Crippen molar-refractivity contribution in [2.24, 2.45) is 0 Å². The molecule has 0 spiro atoms. The summed E-state index contributed by atoms with van der Waals surface area (Å²) >= 11 is 0. The minimum absolute atomic E-state index is 0.220. The summed E-state index contributed by atoms with van der Waals surface area (Å²) in [5, 5.41) is 0. The van der Waals surface area contributed by atoms with Gasteiger partial charge in [-0.25, -0.2) is 4.57 Å². The molecule has 0 radical (unpaired) electrons. The van der Waals surface area contributed by atoms with Gasteiger partial charge < -0.3 is 18.5 Å². The van der Waals surface area contributed by atoms with Crippen LogP contribution >= 0.6 is 7.82 Å². The number of hydrogen-bond donors (Lipinski definition) is 1. The summed E-state index contributed by atoms with van der Waals surface area (Å²) in [4.78, 5) is 9.89. The Morgan fingerprint density at radius 2 is 1.04 bits per heavy atom. The first-order chi connectivity index (χ1) is 12.0. The van der Waals surface area contributed by atoms with Gasteiger partial charge in [-0.05, 0) is 61.4 Å². The van der Waals surface area contributed by atoms with Crippen molar-refractivity contribution < 1.29 is 28.0 Å². The molecule has 2 rings (SSSR count). The Bertz CT molecular complexity index is 626. The Morgan fingerprint density at radius 1 is 0.720 bits per heavy atom. The number of phosphoric acid groups is 1. The first-order valence-electron chi connectivity index (χ1n) is 8.20. The van der Waals surface area contributed by atoms with Crippen molar-refractivity contribution >= 4 is 7.82 Å². The predicted octanol–water partition coefficient (Wildman–Crippen LogP) is 4.82. The van der Waals surface area contributed by atoms with Crippen LogP contribution in [0.25, 0.3) is 0 Å².